The van der Waals surface area contributed by atoms with Crippen LogP contribution in [0.25, 0.3) is 0 Å². The van der Waals surface area contributed by atoms with Gasteiger partial charge in [0.2, 0.25) is 0 Å². The van der Waals surface area contributed by atoms with Gasteiger partial charge in [0.15, 0.2) is 0 Å². The third-order valence-corrected chi connectivity index (χ3v) is 3.98. The van der Waals surface area contributed by atoms with Gasteiger partial charge < -0.3 is 5.73 Å². The van der Waals surface area contributed by atoms with Gasteiger partial charge in [-0.3, -0.25) is 0 Å². The standard InChI is InChI=1S/C17H19F2N/c1-9-5-10(2)12(4)16(11(9)3)17(20)13-6-14(18)8-15(19)7-13/h5-8,17H,20H2,1-4H3. The number of rotatable bonds is 2. The molecule has 0 aromatic heterocycles. The number of hydrogen-bond acceptors (Lipinski definition) is 1. The summed E-state index contributed by atoms with van der Waals surface area (Å²) in [7, 11) is 0. The summed E-state index contributed by atoms with van der Waals surface area (Å²) in [6, 6.07) is 5.03. The molecular formula is C17H19F2N. The molecule has 2 aromatic carbocycles. The van der Waals surface area contributed by atoms with E-state index >= 15 is 0 Å². The fourth-order valence-electron chi connectivity index (χ4n) is 2.64. The third-order valence-electron chi connectivity index (χ3n) is 3.98. The molecule has 0 aliphatic carbocycles. The van der Waals surface area contributed by atoms with E-state index < -0.39 is 17.7 Å². The summed E-state index contributed by atoms with van der Waals surface area (Å²) in [4.78, 5) is 0. The van der Waals surface area contributed by atoms with Crippen molar-refractivity contribution in [1.82, 2.24) is 0 Å². The van der Waals surface area contributed by atoms with E-state index in [0.717, 1.165) is 33.9 Å². The highest BCUT2D eigenvalue weighted by Gasteiger charge is 2.18. The quantitative estimate of drug-likeness (QED) is 0.871. The summed E-state index contributed by atoms with van der Waals surface area (Å²) in [5.41, 5.74) is 12.1. The summed E-state index contributed by atoms with van der Waals surface area (Å²) in [5.74, 6) is -1.20. The predicted octanol–water partition coefficient (Wildman–Crippen LogP) is 4.25. The van der Waals surface area contributed by atoms with Crippen LogP contribution < -0.4 is 5.73 Å². The van der Waals surface area contributed by atoms with Crippen LogP contribution in [0.2, 0.25) is 0 Å². The smallest absolute Gasteiger partial charge is 0.126 e. The number of halogens is 2. The Morgan fingerprint density at radius 2 is 1.25 bits per heavy atom. The first-order valence-electron chi connectivity index (χ1n) is 6.60. The molecule has 3 heteroatoms. The van der Waals surface area contributed by atoms with Crippen molar-refractivity contribution in [3.63, 3.8) is 0 Å². The second-order valence-corrected chi connectivity index (χ2v) is 5.35. The number of hydrogen-bond donors (Lipinski definition) is 1. The van der Waals surface area contributed by atoms with Gasteiger partial charge in [-0.25, -0.2) is 8.78 Å². The Labute approximate surface area is 118 Å². The van der Waals surface area contributed by atoms with Crippen molar-refractivity contribution in [2.45, 2.75) is 33.7 Å². The van der Waals surface area contributed by atoms with Gasteiger partial charge in [-0.2, -0.15) is 0 Å². The topological polar surface area (TPSA) is 26.0 Å². The molecule has 0 heterocycles. The van der Waals surface area contributed by atoms with Gasteiger partial charge >= 0.3 is 0 Å². The molecule has 0 bridgehead atoms. The van der Waals surface area contributed by atoms with Gasteiger partial charge in [-0.05, 0) is 73.2 Å². The zero-order valence-corrected chi connectivity index (χ0v) is 12.2. The molecular weight excluding hydrogens is 256 g/mol. The van der Waals surface area contributed by atoms with Crippen LogP contribution in [-0.4, -0.2) is 0 Å². The lowest BCUT2D eigenvalue weighted by atomic mass is 9.87. The van der Waals surface area contributed by atoms with Crippen molar-refractivity contribution in [2.75, 3.05) is 0 Å². The van der Waals surface area contributed by atoms with E-state index in [-0.39, 0.29) is 0 Å². The van der Waals surface area contributed by atoms with Crippen molar-refractivity contribution >= 4 is 0 Å². The molecule has 106 valence electrons. The molecule has 1 nitrogen and oxygen atoms in total. The van der Waals surface area contributed by atoms with E-state index in [9.17, 15) is 8.78 Å². The highest BCUT2D eigenvalue weighted by molar-refractivity contribution is 5.48. The average Bonchev–Trinajstić information content (AvgIpc) is 2.35. The molecule has 1 unspecified atom stereocenters. The van der Waals surface area contributed by atoms with E-state index in [0.29, 0.717) is 5.56 Å². The molecule has 0 aliphatic rings. The van der Waals surface area contributed by atoms with E-state index in [4.69, 9.17) is 5.73 Å². The molecule has 0 saturated carbocycles. The fourth-order valence-corrected chi connectivity index (χ4v) is 2.64. The second-order valence-electron chi connectivity index (χ2n) is 5.35. The van der Waals surface area contributed by atoms with Crippen LogP contribution in [0.1, 0.15) is 39.4 Å². The van der Waals surface area contributed by atoms with Crippen LogP contribution in [0.3, 0.4) is 0 Å². The third kappa shape index (κ3) is 2.59. The van der Waals surface area contributed by atoms with E-state index in [1.165, 1.54) is 12.1 Å². The summed E-state index contributed by atoms with van der Waals surface area (Å²) < 4.78 is 26.7. The highest BCUT2D eigenvalue weighted by Crippen LogP contribution is 2.30. The monoisotopic (exact) mass is 275 g/mol. The molecule has 0 spiro atoms. The van der Waals surface area contributed by atoms with E-state index in [1.54, 1.807) is 0 Å². The largest absolute Gasteiger partial charge is 0.320 e. The summed E-state index contributed by atoms with van der Waals surface area (Å²) >= 11 is 0. The maximum atomic E-state index is 13.4. The average molecular weight is 275 g/mol. The van der Waals surface area contributed by atoms with E-state index in [2.05, 4.69) is 6.07 Å². The summed E-state index contributed by atoms with van der Waals surface area (Å²) in [6.07, 6.45) is 0. The Bertz CT molecular complexity index is 616. The molecule has 0 saturated heterocycles. The molecule has 2 aromatic rings. The lowest BCUT2D eigenvalue weighted by molar-refractivity contribution is 0.577. The molecule has 2 rings (SSSR count). The van der Waals surface area contributed by atoms with Crippen molar-refractivity contribution in [3.8, 4) is 0 Å². The van der Waals surface area contributed by atoms with E-state index in [1.807, 2.05) is 27.7 Å². The van der Waals surface area contributed by atoms with Crippen molar-refractivity contribution in [3.05, 3.63) is 69.3 Å². The first-order valence-corrected chi connectivity index (χ1v) is 6.60. The normalized spacial score (nSPS) is 12.6. The van der Waals surface area contributed by atoms with Crippen LogP contribution in [0.4, 0.5) is 8.78 Å². The Hall–Kier alpha value is -1.74. The maximum absolute atomic E-state index is 13.4. The zero-order chi connectivity index (χ0) is 15.0. The molecule has 2 N–H and O–H groups in total. The van der Waals surface area contributed by atoms with Crippen molar-refractivity contribution < 1.29 is 8.78 Å². The highest BCUT2D eigenvalue weighted by atomic mass is 19.1. The van der Waals surface area contributed by atoms with Crippen LogP contribution >= 0.6 is 0 Å². The number of benzene rings is 2. The van der Waals surface area contributed by atoms with Gasteiger partial charge in [0.05, 0.1) is 6.04 Å². The Morgan fingerprint density at radius 1 is 0.800 bits per heavy atom. The van der Waals surface area contributed by atoms with Crippen molar-refractivity contribution in [2.24, 2.45) is 5.73 Å². The minimum absolute atomic E-state index is 0.457. The minimum atomic E-state index is -0.602. The second kappa shape index (κ2) is 5.33. The Kier molecular flexibility index (Phi) is 3.91. The Balaban J connectivity index is 2.61. The van der Waals surface area contributed by atoms with Gasteiger partial charge in [0, 0.05) is 6.07 Å². The first-order chi connectivity index (χ1) is 9.31. The van der Waals surface area contributed by atoms with Gasteiger partial charge in [0.25, 0.3) is 0 Å². The van der Waals surface area contributed by atoms with Gasteiger partial charge in [0.1, 0.15) is 11.6 Å². The summed E-state index contributed by atoms with van der Waals surface area (Å²) in [6.45, 7) is 8.02. The van der Waals surface area contributed by atoms with Crippen molar-refractivity contribution in [1.29, 1.82) is 0 Å². The molecule has 1 atom stereocenters. The zero-order valence-electron chi connectivity index (χ0n) is 12.2. The molecule has 0 aliphatic heterocycles. The van der Waals surface area contributed by atoms with Crippen LogP contribution in [-0.2, 0) is 0 Å². The maximum Gasteiger partial charge on any atom is 0.126 e. The Morgan fingerprint density at radius 3 is 1.70 bits per heavy atom. The lowest BCUT2D eigenvalue weighted by Gasteiger charge is -2.21. The SMILES string of the molecule is Cc1cc(C)c(C)c(C(N)c2cc(F)cc(F)c2)c1C. The minimum Gasteiger partial charge on any atom is -0.320 e. The first kappa shape index (κ1) is 14.7. The van der Waals surface area contributed by atoms with Gasteiger partial charge in [-0.1, -0.05) is 6.07 Å². The predicted molar refractivity (Wildman–Crippen MR) is 77.8 cm³/mol. The van der Waals surface area contributed by atoms with Gasteiger partial charge in [-0.15, -0.1) is 0 Å². The molecule has 20 heavy (non-hydrogen) atoms. The summed E-state index contributed by atoms with van der Waals surface area (Å²) in [5, 5.41) is 0. The number of nitrogens with two attached hydrogens (primary N) is 1. The van der Waals surface area contributed by atoms with Crippen LogP contribution in [0, 0.1) is 39.3 Å². The van der Waals surface area contributed by atoms with Crippen LogP contribution in [0.15, 0.2) is 24.3 Å². The molecule has 0 radical (unpaired) electrons. The fraction of sp³-hybridized carbons (Fsp3) is 0.294. The molecule has 0 amide bonds. The lowest BCUT2D eigenvalue weighted by Crippen LogP contribution is -2.16. The van der Waals surface area contributed by atoms with Crippen LogP contribution in [0.5, 0.6) is 0 Å². The molecule has 0 fully saturated rings. The number of aryl methyl sites for hydroxylation is 2.